The van der Waals surface area contributed by atoms with Gasteiger partial charge in [-0.05, 0) is 73.5 Å². The van der Waals surface area contributed by atoms with E-state index < -0.39 is 5.41 Å². The van der Waals surface area contributed by atoms with E-state index in [4.69, 9.17) is 14.4 Å². The predicted molar refractivity (Wildman–Crippen MR) is 227 cm³/mol. The van der Waals surface area contributed by atoms with Gasteiger partial charge in [0, 0.05) is 27.6 Å². The molecule has 0 bridgehead atoms. The fraction of sp³-hybridized carbons (Fsp3) is 0.0189. The molecule has 10 aromatic rings. The quantitative estimate of drug-likeness (QED) is 0.182. The van der Waals surface area contributed by atoms with Gasteiger partial charge in [-0.25, -0.2) is 9.97 Å². The minimum Gasteiger partial charge on any atom is -0.459 e. The molecule has 2 heterocycles. The second-order valence-corrected chi connectivity index (χ2v) is 14.8. The van der Waals surface area contributed by atoms with E-state index in [1.54, 1.807) is 0 Å². The number of aromatic nitrogens is 2. The van der Waals surface area contributed by atoms with Gasteiger partial charge < -0.3 is 4.42 Å². The Labute approximate surface area is 324 Å². The molecule has 1 unspecified atom stereocenters. The van der Waals surface area contributed by atoms with Crippen molar-refractivity contribution in [1.82, 2.24) is 9.97 Å². The van der Waals surface area contributed by atoms with Gasteiger partial charge in [0.25, 0.3) is 0 Å². The lowest BCUT2D eigenvalue weighted by Crippen LogP contribution is -2.25. The maximum atomic E-state index is 7.00. The monoisotopic (exact) mass is 712 g/mol. The summed E-state index contributed by atoms with van der Waals surface area (Å²) in [5.41, 5.74) is 16.0. The van der Waals surface area contributed by atoms with Crippen molar-refractivity contribution in [3.05, 3.63) is 217 Å². The number of benzene rings is 8. The SMILES string of the molecule is c1ccc(-c2cc(-c3cccc4ccccc34)nc(-c3ccccc3-c3ccc4c(c3)C3(c5ccccc5-4)c4ccccc4-c4c3oc3ccccc43)n2)cc1. The van der Waals surface area contributed by atoms with Crippen molar-refractivity contribution in [3.63, 3.8) is 0 Å². The maximum absolute atomic E-state index is 7.00. The van der Waals surface area contributed by atoms with E-state index in [1.807, 2.05) is 6.07 Å². The standard InChI is InChI=1S/C53H32N2O/c1-2-16-34(17-3-1)47-32-48(40-25-14-18-33-15-4-5-19-36(33)40)55-52(54-47)41-22-7-6-20-37(41)35-29-30-39-38-21-8-11-26-44(38)53(46(39)31-35)45-27-12-9-23-42(45)50-43-24-10-13-28-49(43)56-51(50)53/h1-32H. The van der Waals surface area contributed by atoms with Crippen molar-refractivity contribution in [3.8, 4) is 67.3 Å². The van der Waals surface area contributed by atoms with Gasteiger partial charge in [-0.3, -0.25) is 0 Å². The average Bonchev–Trinajstić information content (AvgIpc) is 3.90. The van der Waals surface area contributed by atoms with Gasteiger partial charge in [-0.15, -0.1) is 0 Å². The summed E-state index contributed by atoms with van der Waals surface area (Å²) in [6, 6.07) is 69.2. The summed E-state index contributed by atoms with van der Waals surface area (Å²) in [5, 5.41) is 3.50. The van der Waals surface area contributed by atoms with E-state index in [0.717, 1.165) is 61.3 Å². The van der Waals surface area contributed by atoms with Crippen molar-refractivity contribution < 1.29 is 4.42 Å². The maximum Gasteiger partial charge on any atom is 0.161 e. The van der Waals surface area contributed by atoms with Gasteiger partial charge in [0.05, 0.1) is 11.4 Å². The molecule has 0 fully saturated rings. The van der Waals surface area contributed by atoms with Crippen LogP contribution < -0.4 is 0 Å². The van der Waals surface area contributed by atoms with Crippen LogP contribution in [0.2, 0.25) is 0 Å². The van der Waals surface area contributed by atoms with Crippen LogP contribution in [-0.2, 0) is 5.41 Å². The van der Waals surface area contributed by atoms with E-state index in [1.165, 1.54) is 44.3 Å². The van der Waals surface area contributed by atoms with Crippen molar-refractivity contribution in [2.75, 3.05) is 0 Å². The van der Waals surface area contributed by atoms with Gasteiger partial charge in [0.1, 0.15) is 16.8 Å². The molecule has 3 heteroatoms. The van der Waals surface area contributed by atoms with Crippen LogP contribution in [0.5, 0.6) is 0 Å². The topological polar surface area (TPSA) is 38.9 Å². The van der Waals surface area contributed by atoms with Gasteiger partial charge in [0.2, 0.25) is 0 Å². The highest BCUT2D eigenvalue weighted by Crippen LogP contribution is 2.64. The zero-order valence-electron chi connectivity index (χ0n) is 30.3. The van der Waals surface area contributed by atoms with Crippen molar-refractivity contribution in [2.45, 2.75) is 5.41 Å². The van der Waals surface area contributed by atoms with E-state index in [0.29, 0.717) is 5.82 Å². The Balaban J connectivity index is 1.10. The number of furan rings is 1. The lowest BCUT2D eigenvalue weighted by molar-refractivity contribution is 0.507. The molecule has 56 heavy (non-hydrogen) atoms. The molecule has 1 atom stereocenters. The molecule has 12 rings (SSSR count). The summed E-state index contributed by atoms with van der Waals surface area (Å²) in [4.78, 5) is 10.7. The van der Waals surface area contributed by atoms with Gasteiger partial charge in [-0.2, -0.15) is 0 Å². The molecular weight excluding hydrogens is 681 g/mol. The summed E-state index contributed by atoms with van der Waals surface area (Å²) in [6.07, 6.45) is 0. The largest absolute Gasteiger partial charge is 0.459 e. The smallest absolute Gasteiger partial charge is 0.161 e. The molecule has 2 aliphatic carbocycles. The molecule has 1 spiro atoms. The third-order valence-corrected chi connectivity index (χ3v) is 11.9. The number of nitrogens with zero attached hydrogens (tertiary/aromatic N) is 2. The van der Waals surface area contributed by atoms with Crippen LogP contribution >= 0.6 is 0 Å². The van der Waals surface area contributed by atoms with E-state index >= 15 is 0 Å². The second-order valence-electron chi connectivity index (χ2n) is 14.8. The minimum atomic E-state index is -0.604. The Morgan fingerprint density at radius 3 is 1.84 bits per heavy atom. The first-order chi connectivity index (χ1) is 27.8. The first-order valence-corrected chi connectivity index (χ1v) is 19.2. The number of para-hydroxylation sites is 1. The molecule has 0 aliphatic heterocycles. The Bertz CT molecular complexity index is 3210. The molecule has 0 saturated heterocycles. The van der Waals surface area contributed by atoms with E-state index in [9.17, 15) is 0 Å². The first-order valence-electron chi connectivity index (χ1n) is 19.2. The predicted octanol–water partition coefficient (Wildman–Crippen LogP) is 13.4. The highest BCUT2D eigenvalue weighted by atomic mass is 16.3. The van der Waals surface area contributed by atoms with Crippen LogP contribution in [0.15, 0.2) is 199 Å². The Hall–Kier alpha value is -7.36. The van der Waals surface area contributed by atoms with Crippen molar-refractivity contribution in [2.24, 2.45) is 0 Å². The van der Waals surface area contributed by atoms with Crippen LogP contribution in [0.3, 0.4) is 0 Å². The van der Waals surface area contributed by atoms with E-state index in [2.05, 4.69) is 188 Å². The summed E-state index contributed by atoms with van der Waals surface area (Å²) >= 11 is 0. The van der Waals surface area contributed by atoms with Crippen LogP contribution in [0.4, 0.5) is 0 Å². The highest BCUT2D eigenvalue weighted by molar-refractivity contribution is 6.05. The molecule has 260 valence electrons. The molecule has 3 nitrogen and oxygen atoms in total. The molecule has 0 radical (unpaired) electrons. The second kappa shape index (κ2) is 11.8. The number of hydrogen-bond donors (Lipinski definition) is 0. The highest BCUT2D eigenvalue weighted by Gasteiger charge is 2.55. The number of hydrogen-bond acceptors (Lipinski definition) is 3. The summed E-state index contributed by atoms with van der Waals surface area (Å²) in [6.45, 7) is 0. The molecule has 2 aromatic heterocycles. The Kier molecular flexibility index (Phi) is 6.55. The molecule has 0 amide bonds. The van der Waals surface area contributed by atoms with E-state index in [-0.39, 0.29) is 0 Å². The normalized spacial score (nSPS) is 14.9. The van der Waals surface area contributed by atoms with Gasteiger partial charge in [0.15, 0.2) is 5.82 Å². The Morgan fingerprint density at radius 2 is 0.982 bits per heavy atom. The zero-order chi connectivity index (χ0) is 36.8. The summed E-state index contributed by atoms with van der Waals surface area (Å²) < 4.78 is 7.00. The third-order valence-electron chi connectivity index (χ3n) is 11.9. The summed E-state index contributed by atoms with van der Waals surface area (Å²) in [7, 11) is 0. The summed E-state index contributed by atoms with van der Waals surface area (Å²) in [5.74, 6) is 1.68. The number of rotatable bonds is 4. The fourth-order valence-corrected chi connectivity index (χ4v) is 9.55. The fourth-order valence-electron chi connectivity index (χ4n) is 9.55. The average molecular weight is 713 g/mol. The third kappa shape index (κ3) is 4.28. The first kappa shape index (κ1) is 31.0. The lowest BCUT2D eigenvalue weighted by atomic mass is 9.72. The van der Waals surface area contributed by atoms with Gasteiger partial charge >= 0.3 is 0 Å². The minimum absolute atomic E-state index is 0.604. The molecular formula is C53H32N2O. The van der Waals surface area contributed by atoms with Crippen LogP contribution in [0.1, 0.15) is 22.5 Å². The van der Waals surface area contributed by atoms with Crippen LogP contribution in [0, 0.1) is 0 Å². The Morgan fingerprint density at radius 1 is 0.375 bits per heavy atom. The zero-order valence-corrected chi connectivity index (χ0v) is 30.3. The lowest BCUT2D eigenvalue weighted by Gasteiger charge is -2.28. The molecule has 2 aliphatic rings. The van der Waals surface area contributed by atoms with Crippen molar-refractivity contribution >= 4 is 21.7 Å². The number of fused-ring (bicyclic) bond motifs is 13. The molecule has 8 aromatic carbocycles. The van der Waals surface area contributed by atoms with Crippen LogP contribution in [-0.4, -0.2) is 9.97 Å². The molecule has 0 saturated carbocycles. The molecule has 0 N–H and O–H groups in total. The van der Waals surface area contributed by atoms with Crippen molar-refractivity contribution in [1.29, 1.82) is 0 Å². The van der Waals surface area contributed by atoms with Gasteiger partial charge in [-0.1, -0.05) is 176 Å². The van der Waals surface area contributed by atoms with Crippen LogP contribution in [0.25, 0.3) is 89.0 Å².